The van der Waals surface area contributed by atoms with Gasteiger partial charge in [0.1, 0.15) is 0 Å². The number of hydrogen-bond donors (Lipinski definition) is 2. The summed E-state index contributed by atoms with van der Waals surface area (Å²) in [4.78, 5) is 11.3. The maximum absolute atomic E-state index is 11.3. The number of nitrogens with one attached hydrogen (secondary N) is 1. The number of carbonyl (C=O) groups is 1. The minimum Gasteiger partial charge on any atom is -0.323 e. The summed E-state index contributed by atoms with van der Waals surface area (Å²) in [5, 5.41) is 12.8. The molecule has 1 amide bonds. The van der Waals surface area contributed by atoms with E-state index in [0.29, 0.717) is 17.8 Å². The lowest BCUT2D eigenvalue weighted by Crippen LogP contribution is -2.36. The summed E-state index contributed by atoms with van der Waals surface area (Å²) >= 11 is 0. The minimum absolute atomic E-state index is 0.0383. The Bertz CT molecular complexity index is 252. The molecule has 6 heteroatoms. The van der Waals surface area contributed by atoms with Gasteiger partial charge in [-0.2, -0.15) is 0 Å². The van der Waals surface area contributed by atoms with E-state index in [1.807, 2.05) is 0 Å². The summed E-state index contributed by atoms with van der Waals surface area (Å²) in [5.74, 6) is -0.289. The molecule has 0 aromatic rings. The molecule has 5 nitrogen and oxygen atoms in total. The summed E-state index contributed by atoms with van der Waals surface area (Å²) in [6, 6.07) is 0. The highest BCUT2D eigenvalue weighted by molar-refractivity contribution is 7.62. The van der Waals surface area contributed by atoms with Crippen molar-refractivity contribution < 1.29 is 14.6 Å². The second kappa shape index (κ2) is 7.82. The van der Waals surface area contributed by atoms with Gasteiger partial charge in [0.05, 0.1) is 20.1 Å². The number of carbonyl (C=O) groups excluding carboxylic acids is 1. The molecule has 0 saturated heterocycles. The van der Waals surface area contributed by atoms with Crippen LogP contribution < -0.4 is 5.32 Å². The molecule has 0 rings (SSSR count). The van der Waals surface area contributed by atoms with E-state index in [2.05, 4.69) is 12.2 Å². The van der Waals surface area contributed by atoms with Gasteiger partial charge in [0.2, 0.25) is 5.91 Å². The summed E-state index contributed by atoms with van der Waals surface area (Å²) in [5.41, 5.74) is 0. The van der Waals surface area contributed by atoms with Crippen LogP contribution in [0.5, 0.6) is 0 Å². The van der Waals surface area contributed by atoms with Crippen LogP contribution in [0.25, 0.3) is 0 Å². The lowest BCUT2D eigenvalue weighted by molar-refractivity contribution is -0.166. The van der Waals surface area contributed by atoms with Gasteiger partial charge in [-0.15, -0.1) is 0 Å². The van der Waals surface area contributed by atoms with Crippen LogP contribution in [-0.2, 0) is 9.36 Å². The third kappa shape index (κ3) is 8.89. The highest BCUT2D eigenvalue weighted by atomic mass is 31.2. The van der Waals surface area contributed by atoms with E-state index in [1.54, 1.807) is 13.3 Å². The Hall–Kier alpha value is -0.380. The summed E-state index contributed by atoms with van der Waals surface area (Å²) in [7, 11) is -2.14. The first-order chi connectivity index (χ1) is 7.37. The topological polar surface area (TPSA) is 69.6 Å². The van der Waals surface area contributed by atoms with Crippen LogP contribution in [-0.4, -0.2) is 42.5 Å². The van der Waals surface area contributed by atoms with Crippen LogP contribution in [0.3, 0.4) is 0 Å². The Morgan fingerprint density at radius 1 is 1.38 bits per heavy atom. The predicted octanol–water partition coefficient (Wildman–Crippen LogP) is 1.91. The summed E-state index contributed by atoms with van der Waals surface area (Å²) in [6.07, 6.45) is 3.53. The van der Waals surface area contributed by atoms with E-state index in [9.17, 15) is 14.6 Å². The van der Waals surface area contributed by atoms with Crippen LogP contribution in [0, 0.1) is 0 Å². The standard InChI is InChI=1S/C10H23N2O3P/c1-4-5-6-7-10(13)12(14)8-11-9-16(2,3)15/h11,14H,4-9H2,1-3H3. The van der Waals surface area contributed by atoms with Crippen molar-refractivity contribution >= 4 is 13.0 Å². The Labute approximate surface area is 97.5 Å². The van der Waals surface area contributed by atoms with Crippen molar-refractivity contribution in [2.75, 3.05) is 26.3 Å². The average Bonchev–Trinajstić information content (AvgIpc) is 2.15. The molecule has 0 bridgehead atoms. The van der Waals surface area contributed by atoms with Gasteiger partial charge in [-0.3, -0.25) is 15.3 Å². The van der Waals surface area contributed by atoms with Gasteiger partial charge >= 0.3 is 0 Å². The van der Waals surface area contributed by atoms with Gasteiger partial charge in [0.15, 0.2) is 0 Å². The molecule has 0 heterocycles. The third-order valence-corrected chi connectivity index (χ3v) is 3.02. The molecule has 0 aliphatic carbocycles. The van der Waals surface area contributed by atoms with Crippen molar-refractivity contribution in [2.24, 2.45) is 0 Å². The largest absolute Gasteiger partial charge is 0.323 e. The highest BCUT2D eigenvalue weighted by Crippen LogP contribution is 2.33. The molecule has 96 valence electrons. The van der Waals surface area contributed by atoms with Gasteiger partial charge in [-0.1, -0.05) is 19.8 Å². The first-order valence-electron chi connectivity index (χ1n) is 5.60. The Morgan fingerprint density at radius 3 is 2.50 bits per heavy atom. The Balaban J connectivity index is 3.67. The normalized spacial score (nSPS) is 11.5. The van der Waals surface area contributed by atoms with Crippen LogP contribution in [0.15, 0.2) is 0 Å². The molecule has 0 aromatic carbocycles. The Morgan fingerprint density at radius 2 is 2.00 bits per heavy atom. The number of rotatable bonds is 8. The van der Waals surface area contributed by atoms with E-state index in [4.69, 9.17) is 0 Å². The van der Waals surface area contributed by atoms with Crippen molar-refractivity contribution in [3.05, 3.63) is 0 Å². The first kappa shape index (κ1) is 15.6. The van der Waals surface area contributed by atoms with Crippen molar-refractivity contribution in [3.8, 4) is 0 Å². The lowest BCUT2D eigenvalue weighted by atomic mass is 10.2. The second-order valence-corrected chi connectivity index (χ2v) is 7.85. The fraction of sp³-hybridized carbons (Fsp3) is 0.900. The summed E-state index contributed by atoms with van der Waals surface area (Å²) < 4.78 is 11.3. The quantitative estimate of drug-likeness (QED) is 0.227. The molecular formula is C10H23N2O3P. The van der Waals surface area contributed by atoms with Gasteiger partial charge < -0.3 is 4.57 Å². The molecule has 0 unspecified atom stereocenters. The second-order valence-electron chi connectivity index (χ2n) is 4.39. The molecule has 16 heavy (non-hydrogen) atoms. The number of nitrogens with zero attached hydrogens (tertiary/aromatic N) is 1. The summed E-state index contributed by atoms with van der Waals surface area (Å²) in [6.45, 7) is 5.41. The molecule has 0 aliphatic heterocycles. The molecule has 0 aliphatic rings. The smallest absolute Gasteiger partial charge is 0.247 e. The zero-order chi connectivity index (χ0) is 12.6. The van der Waals surface area contributed by atoms with Crippen LogP contribution in [0.2, 0.25) is 0 Å². The van der Waals surface area contributed by atoms with Crippen molar-refractivity contribution in [1.82, 2.24) is 10.4 Å². The van der Waals surface area contributed by atoms with Crippen molar-refractivity contribution in [1.29, 1.82) is 0 Å². The van der Waals surface area contributed by atoms with E-state index in [0.717, 1.165) is 19.3 Å². The molecule has 0 radical (unpaired) electrons. The van der Waals surface area contributed by atoms with Gasteiger partial charge in [0, 0.05) is 6.42 Å². The molecule has 0 saturated carbocycles. The molecule has 0 spiro atoms. The SMILES string of the molecule is CCCCCC(=O)N(O)CNCP(C)(C)=O. The lowest BCUT2D eigenvalue weighted by Gasteiger charge is -2.16. The van der Waals surface area contributed by atoms with E-state index in [-0.39, 0.29) is 12.6 Å². The van der Waals surface area contributed by atoms with Crippen LogP contribution in [0.1, 0.15) is 32.6 Å². The van der Waals surface area contributed by atoms with Crippen LogP contribution in [0.4, 0.5) is 0 Å². The highest BCUT2D eigenvalue weighted by Gasteiger charge is 2.11. The van der Waals surface area contributed by atoms with Crippen molar-refractivity contribution in [2.45, 2.75) is 32.6 Å². The predicted molar refractivity (Wildman–Crippen MR) is 65.1 cm³/mol. The molecule has 0 atom stereocenters. The number of hydrogen-bond acceptors (Lipinski definition) is 4. The molecule has 2 N–H and O–H groups in total. The molecule has 0 aromatic heterocycles. The fourth-order valence-electron chi connectivity index (χ4n) is 1.17. The van der Waals surface area contributed by atoms with E-state index in [1.165, 1.54) is 0 Å². The van der Waals surface area contributed by atoms with Crippen molar-refractivity contribution in [3.63, 3.8) is 0 Å². The molecule has 0 fully saturated rings. The Kier molecular flexibility index (Phi) is 7.64. The van der Waals surface area contributed by atoms with Gasteiger partial charge in [-0.05, 0) is 19.8 Å². The number of hydroxylamine groups is 2. The van der Waals surface area contributed by atoms with E-state index < -0.39 is 7.14 Å². The zero-order valence-electron chi connectivity index (χ0n) is 10.4. The van der Waals surface area contributed by atoms with Gasteiger partial charge in [-0.25, -0.2) is 5.06 Å². The maximum Gasteiger partial charge on any atom is 0.247 e. The van der Waals surface area contributed by atoms with Crippen LogP contribution >= 0.6 is 7.14 Å². The maximum atomic E-state index is 11.3. The van der Waals surface area contributed by atoms with E-state index >= 15 is 0 Å². The fourth-order valence-corrected chi connectivity index (χ4v) is 1.81. The minimum atomic E-state index is -2.14. The monoisotopic (exact) mass is 250 g/mol. The number of unbranched alkanes of at least 4 members (excludes halogenated alkanes) is 2. The number of amides is 1. The third-order valence-electron chi connectivity index (χ3n) is 2.04. The molecular weight excluding hydrogens is 227 g/mol. The first-order valence-corrected chi connectivity index (χ1v) is 8.39. The average molecular weight is 250 g/mol. The van der Waals surface area contributed by atoms with Gasteiger partial charge in [0.25, 0.3) is 0 Å². The zero-order valence-corrected chi connectivity index (χ0v) is 11.3.